The number of thioether (sulfide) groups is 2. The maximum absolute atomic E-state index is 16.6. The molecule has 3 aliphatic heterocycles. The Morgan fingerprint density at radius 2 is 1.49 bits per heavy atom. The molecule has 3 aromatic rings. The highest BCUT2D eigenvalue weighted by atomic mass is 32.2. The van der Waals surface area contributed by atoms with Crippen LogP contribution in [0.5, 0.6) is 0 Å². The summed E-state index contributed by atoms with van der Waals surface area (Å²) in [5.41, 5.74) is -4.62. The topological polar surface area (TPSA) is 233 Å². The van der Waals surface area contributed by atoms with Gasteiger partial charge in [-0.25, -0.2) is 0 Å². The summed E-state index contributed by atoms with van der Waals surface area (Å²) in [6, 6.07) is 11.3. The molecule has 380 valence electrons. The molecule has 0 radical (unpaired) electrons. The van der Waals surface area contributed by atoms with Crippen molar-refractivity contribution in [2.45, 2.75) is 68.2 Å². The zero-order valence-corrected chi connectivity index (χ0v) is 41.5. The van der Waals surface area contributed by atoms with Crippen molar-refractivity contribution in [1.82, 2.24) is 20.1 Å². The number of nitrogens with zero attached hydrogens (tertiary/aromatic N) is 3. The quantitative estimate of drug-likeness (QED) is 0.0839. The lowest BCUT2D eigenvalue weighted by molar-refractivity contribution is -0.146. The first-order chi connectivity index (χ1) is 33.7. The maximum Gasteiger partial charge on any atom is 0.404 e. The first kappa shape index (κ1) is 54.8. The molecule has 0 bridgehead atoms. The Morgan fingerprint density at radius 1 is 0.829 bits per heavy atom. The van der Waals surface area contributed by atoms with E-state index in [1.807, 2.05) is 0 Å². The number of carbonyl (C=O) groups is 5. The normalized spacial score (nSPS) is 20.7. The van der Waals surface area contributed by atoms with Gasteiger partial charge < -0.3 is 48.1 Å². The van der Waals surface area contributed by atoms with E-state index in [0.29, 0.717) is 43.1 Å². The molecule has 18 nitrogen and oxygen atoms in total. The number of amides is 3. The first-order valence-corrected chi connectivity index (χ1v) is 26.5. The summed E-state index contributed by atoms with van der Waals surface area (Å²) < 4.78 is 78.1. The van der Waals surface area contributed by atoms with Crippen LogP contribution in [-0.4, -0.2) is 153 Å². The van der Waals surface area contributed by atoms with E-state index in [1.165, 1.54) is 44.7 Å². The van der Waals surface area contributed by atoms with Crippen LogP contribution in [0.1, 0.15) is 65.9 Å². The lowest BCUT2D eigenvalue weighted by Crippen LogP contribution is -2.56. The number of nitriles is 1. The van der Waals surface area contributed by atoms with E-state index in [4.69, 9.17) is 28.0 Å². The largest absolute Gasteiger partial charge is 0.404 e. The number of halogens is 2. The van der Waals surface area contributed by atoms with Gasteiger partial charge in [0.2, 0.25) is 27.6 Å². The second-order valence-electron chi connectivity index (χ2n) is 16.9. The van der Waals surface area contributed by atoms with Crippen molar-refractivity contribution in [3.63, 3.8) is 0 Å². The molecule has 3 fully saturated rings. The van der Waals surface area contributed by atoms with Gasteiger partial charge in [0, 0.05) is 74.2 Å². The molecule has 23 heteroatoms. The molecule has 2 aromatic carbocycles. The number of carbonyl (C=O) groups excluding carboxylic acids is 5. The highest BCUT2D eigenvalue weighted by molar-refractivity contribution is 8.14. The summed E-state index contributed by atoms with van der Waals surface area (Å²) in [5, 5.41) is 12.6. The van der Waals surface area contributed by atoms with Crippen molar-refractivity contribution in [2.75, 3.05) is 91.7 Å². The molecule has 0 spiro atoms. The number of aromatic nitrogens is 1. The van der Waals surface area contributed by atoms with Gasteiger partial charge in [-0.2, -0.15) is 14.0 Å². The van der Waals surface area contributed by atoms with Crippen LogP contribution in [0.25, 0.3) is 10.8 Å². The smallest absolute Gasteiger partial charge is 0.382 e. The maximum atomic E-state index is 16.6. The van der Waals surface area contributed by atoms with Crippen LogP contribution in [0.2, 0.25) is 0 Å². The summed E-state index contributed by atoms with van der Waals surface area (Å²) in [7, 11) is -2.43. The van der Waals surface area contributed by atoms with E-state index in [-0.39, 0.29) is 98.6 Å². The van der Waals surface area contributed by atoms with E-state index >= 15 is 8.78 Å². The number of hydrogen-bond acceptors (Lipinski definition) is 16. The molecule has 0 saturated carbocycles. The van der Waals surface area contributed by atoms with E-state index < -0.39 is 72.1 Å². The second kappa shape index (κ2) is 26.2. The van der Waals surface area contributed by atoms with Crippen molar-refractivity contribution in [3.05, 3.63) is 81.8 Å². The zero-order chi connectivity index (χ0) is 50.3. The molecular weight excluding hydrogens is 976 g/mol. The van der Waals surface area contributed by atoms with Crippen molar-refractivity contribution in [3.8, 4) is 6.07 Å². The fourth-order valence-electron chi connectivity index (χ4n) is 8.74. The molecule has 6 rings (SSSR count). The van der Waals surface area contributed by atoms with Crippen LogP contribution in [0.3, 0.4) is 0 Å². The number of rotatable bonds is 24. The van der Waals surface area contributed by atoms with Gasteiger partial charge in [0.25, 0.3) is 5.91 Å². The Labute approximate surface area is 412 Å². The molecule has 2 N–H and O–H groups in total. The number of methoxy groups -OCH3 is 2. The van der Waals surface area contributed by atoms with Crippen LogP contribution < -0.4 is 10.9 Å². The monoisotopic (exact) mass is 1030 g/mol. The number of H-pyrrole nitrogens is 1. The molecule has 3 amide bonds. The Hall–Kier alpha value is -4.56. The van der Waals surface area contributed by atoms with Crippen LogP contribution in [-0.2, 0) is 57.4 Å². The number of aromatic amines is 1. The number of hydrogen-bond donors (Lipinski definition) is 2. The van der Waals surface area contributed by atoms with Crippen LogP contribution in [0, 0.1) is 17.2 Å². The average Bonchev–Trinajstić information content (AvgIpc) is 3.99. The minimum Gasteiger partial charge on any atom is -0.382 e. The van der Waals surface area contributed by atoms with Gasteiger partial charge in [0.15, 0.2) is 0 Å². The lowest BCUT2D eigenvalue weighted by atomic mass is 9.91. The fourth-order valence-corrected chi connectivity index (χ4v) is 11.6. The predicted octanol–water partition coefficient (Wildman–Crippen LogP) is 5.45. The predicted molar refractivity (Wildman–Crippen MR) is 257 cm³/mol. The molecule has 3 aliphatic rings. The third kappa shape index (κ3) is 14.1. The Balaban J connectivity index is 1.15. The first-order valence-electron chi connectivity index (χ1n) is 23.0. The highest BCUT2D eigenvalue weighted by Crippen LogP contribution is 2.67. The van der Waals surface area contributed by atoms with Crippen molar-refractivity contribution >= 4 is 69.8 Å². The summed E-state index contributed by atoms with van der Waals surface area (Å²) in [4.78, 5) is 84.9. The van der Waals surface area contributed by atoms with Gasteiger partial charge in [-0.05, 0) is 66.3 Å². The standard InChI is InChI=1S/C47H58F2N5O13PS2/c1-62-15-17-64-29-42(56)69-21-19-66-68(61,67-20-22-70-43(57)30-65-18-16-63-2)47(48,49)36-10-9-31-7-8-33(23-34(31)24-36)44(58)52-39-6-4-3-5-37-11-12-40(54(37)45(39)59)46(60)53-27-35(26-50)38(28-53)32-13-14-51-41(55)25-32/h7-10,13-14,23-25,35,37-40H,3-6,11-12,15-22,27-30H2,1-2H3,(H,51,55)(H,52,58)/t35-,37+,38+,39+,40+/m1/s1. The van der Waals surface area contributed by atoms with Gasteiger partial charge >= 0.3 is 13.3 Å². The molecule has 5 atom stereocenters. The Kier molecular flexibility index (Phi) is 20.5. The molecule has 0 unspecified atom stereocenters. The Morgan fingerprint density at radius 3 is 2.13 bits per heavy atom. The molecular formula is C47H58F2N5O13PS2. The molecule has 1 aromatic heterocycles. The van der Waals surface area contributed by atoms with Crippen LogP contribution in [0.4, 0.5) is 8.78 Å². The van der Waals surface area contributed by atoms with Crippen molar-refractivity contribution in [2.24, 2.45) is 5.92 Å². The Bertz CT molecular complexity index is 2440. The number of benzene rings is 2. The second-order valence-corrected chi connectivity index (χ2v) is 21.3. The fraction of sp³-hybridized carbons (Fsp3) is 0.553. The van der Waals surface area contributed by atoms with Gasteiger partial charge in [-0.3, -0.25) is 33.3 Å². The summed E-state index contributed by atoms with van der Waals surface area (Å²) >= 11 is 1.47. The van der Waals surface area contributed by atoms with Crippen LogP contribution in [0.15, 0.2) is 59.5 Å². The lowest BCUT2D eigenvalue weighted by Gasteiger charge is -2.36. The average molecular weight is 1030 g/mol. The SMILES string of the molecule is COCCOCC(=O)SCCOP(=O)(OCCSC(=O)COCCOC)C(F)(F)c1ccc2ccc(C(=O)N[C@H]3CCCC[C@H]4CC[C@@H](C(=O)N5C[C@@H](C#N)[C@H](c6cc[nH]c(=O)c6)C5)N4C3=O)cc2c1. The number of fused-ring (bicyclic) bond motifs is 2. The number of likely N-dealkylation sites (tertiary alicyclic amines) is 1. The van der Waals surface area contributed by atoms with Gasteiger partial charge in [0.05, 0.1) is 51.6 Å². The van der Waals surface area contributed by atoms with Gasteiger partial charge in [-0.15, -0.1) is 0 Å². The van der Waals surface area contributed by atoms with Crippen molar-refractivity contribution < 1.29 is 65.3 Å². The minimum absolute atomic E-state index is 0.0512. The van der Waals surface area contributed by atoms with E-state index in [2.05, 4.69) is 16.4 Å². The van der Waals surface area contributed by atoms with Crippen molar-refractivity contribution in [1.29, 1.82) is 5.26 Å². The number of alkyl halides is 2. The number of ether oxygens (including phenoxy) is 4. The summed E-state index contributed by atoms with van der Waals surface area (Å²) in [6.45, 7) is -0.425. The molecule has 70 heavy (non-hydrogen) atoms. The molecule has 4 heterocycles. The third-order valence-corrected chi connectivity index (χ3v) is 15.9. The number of nitrogens with one attached hydrogen (secondary N) is 2. The zero-order valence-electron chi connectivity index (χ0n) is 39.0. The molecule has 0 aliphatic carbocycles. The minimum atomic E-state index is -5.38. The van der Waals surface area contributed by atoms with Gasteiger partial charge in [0.1, 0.15) is 25.3 Å². The van der Waals surface area contributed by atoms with Crippen LogP contribution >= 0.6 is 31.1 Å². The van der Waals surface area contributed by atoms with E-state index in [0.717, 1.165) is 42.1 Å². The van der Waals surface area contributed by atoms with Gasteiger partial charge in [-0.1, -0.05) is 54.6 Å². The molecule has 3 saturated heterocycles. The van der Waals surface area contributed by atoms with E-state index in [9.17, 15) is 38.6 Å². The third-order valence-electron chi connectivity index (χ3n) is 12.3. The number of pyridine rings is 1. The summed E-state index contributed by atoms with van der Waals surface area (Å²) in [6.07, 6.45) is 4.86. The highest BCUT2D eigenvalue weighted by Gasteiger charge is 2.55. The summed E-state index contributed by atoms with van der Waals surface area (Å²) in [5.74, 6) is -2.60. The van der Waals surface area contributed by atoms with E-state index in [1.54, 1.807) is 21.9 Å².